The van der Waals surface area contributed by atoms with E-state index in [1.54, 1.807) is 7.11 Å². The largest absolute Gasteiger partial charge is 0.496 e. The number of hydrazine groups is 1. The van der Waals surface area contributed by atoms with Gasteiger partial charge in [-0.15, -0.1) is 0 Å². The molecule has 0 aliphatic heterocycles. The molecule has 1 rings (SSSR count). The van der Waals surface area contributed by atoms with E-state index in [1.807, 2.05) is 6.07 Å². The Morgan fingerprint density at radius 1 is 1.31 bits per heavy atom. The Kier molecular flexibility index (Phi) is 3.28. The van der Waals surface area contributed by atoms with E-state index in [4.69, 9.17) is 10.6 Å². The summed E-state index contributed by atoms with van der Waals surface area (Å²) in [6, 6.07) is 4.12. The third kappa shape index (κ3) is 2.20. The fourth-order valence-corrected chi connectivity index (χ4v) is 1.29. The summed E-state index contributed by atoms with van der Waals surface area (Å²) in [5, 5.41) is 0. The van der Waals surface area contributed by atoms with Crippen molar-refractivity contribution in [1.82, 2.24) is 5.43 Å². The average Bonchev–Trinajstić information content (AvgIpc) is 2.11. The number of hydrogen-bond donors (Lipinski definition) is 2. The van der Waals surface area contributed by atoms with Crippen LogP contribution >= 0.6 is 0 Å². The third-order valence-electron chi connectivity index (χ3n) is 2.19. The lowest BCUT2D eigenvalue weighted by molar-refractivity contribution is 0.407. The SMILES string of the molecule is COc1cc(C)c(C)cc1CNN. The summed E-state index contributed by atoms with van der Waals surface area (Å²) in [6.45, 7) is 4.77. The van der Waals surface area contributed by atoms with E-state index in [2.05, 4.69) is 25.3 Å². The van der Waals surface area contributed by atoms with Crippen LogP contribution in [0.1, 0.15) is 16.7 Å². The summed E-state index contributed by atoms with van der Waals surface area (Å²) in [7, 11) is 1.67. The van der Waals surface area contributed by atoms with Crippen molar-refractivity contribution < 1.29 is 4.74 Å². The second-order valence-corrected chi connectivity index (χ2v) is 3.13. The van der Waals surface area contributed by atoms with Crippen LogP contribution in [-0.4, -0.2) is 7.11 Å². The maximum atomic E-state index is 5.27. The molecular formula is C10H16N2O. The lowest BCUT2D eigenvalue weighted by atomic mass is 10.1. The minimum atomic E-state index is 0.629. The van der Waals surface area contributed by atoms with Gasteiger partial charge in [0.05, 0.1) is 7.11 Å². The number of nitrogens with two attached hydrogens (primary N) is 1. The van der Waals surface area contributed by atoms with Crippen LogP contribution < -0.4 is 16.0 Å². The molecule has 0 amide bonds. The van der Waals surface area contributed by atoms with Crippen molar-refractivity contribution >= 4 is 0 Å². The van der Waals surface area contributed by atoms with Crippen molar-refractivity contribution in [2.75, 3.05) is 7.11 Å². The highest BCUT2D eigenvalue weighted by atomic mass is 16.5. The van der Waals surface area contributed by atoms with Crippen LogP contribution in [-0.2, 0) is 6.54 Å². The monoisotopic (exact) mass is 180 g/mol. The van der Waals surface area contributed by atoms with Gasteiger partial charge in [0, 0.05) is 12.1 Å². The second-order valence-electron chi connectivity index (χ2n) is 3.13. The Hall–Kier alpha value is -1.06. The molecule has 0 aliphatic rings. The minimum Gasteiger partial charge on any atom is -0.496 e. The molecule has 0 saturated carbocycles. The van der Waals surface area contributed by atoms with Gasteiger partial charge in [0.1, 0.15) is 5.75 Å². The molecule has 0 bridgehead atoms. The maximum absolute atomic E-state index is 5.27. The number of methoxy groups -OCH3 is 1. The first-order chi connectivity index (χ1) is 6.19. The van der Waals surface area contributed by atoms with Crippen molar-refractivity contribution in [2.45, 2.75) is 20.4 Å². The number of rotatable bonds is 3. The van der Waals surface area contributed by atoms with Crippen LogP contribution in [0.2, 0.25) is 0 Å². The van der Waals surface area contributed by atoms with Gasteiger partial charge in [0.2, 0.25) is 0 Å². The molecule has 0 aliphatic carbocycles. The number of nitrogens with one attached hydrogen (secondary N) is 1. The fourth-order valence-electron chi connectivity index (χ4n) is 1.29. The highest BCUT2D eigenvalue weighted by Crippen LogP contribution is 2.22. The molecule has 1 aromatic rings. The topological polar surface area (TPSA) is 47.3 Å². The average molecular weight is 180 g/mol. The van der Waals surface area contributed by atoms with Crippen molar-refractivity contribution in [1.29, 1.82) is 0 Å². The lowest BCUT2D eigenvalue weighted by Crippen LogP contribution is -2.21. The van der Waals surface area contributed by atoms with Gasteiger partial charge < -0.3 is 4.74 Å². The predicted octanol–water partition coefficient (Wildman–Crippen LogP) is 1.28. The molecule has 3 N–H and O–H groups in total. The van der Waals surface area contributed by atoms with Crippen molar-refractivity contribution in [3.8, 4) is 5.75 Å². The third-order valence-corrected chi connectivity index (χ3v) is 2.19. The molecule has 0 aromatic heterocycles. The van der Waals surface area contributed by atoms with Gasteiger partial charge >= 0.3 is 0 Å². The molecule has 3 heteroatoms. The number of aryl methyl sites for hydroxylation is 2. The van der Waals surface area contributed by atoms with Gasteiger partial charge in [0.15, 0.2) is 0 Å². The molecule has 0 saturated heterocycles. The van der Waals surface area contributed by atoms with Gasteiger partial charge in [-0.25, -0.2) is 0 Å². The molecule has 0 fully saturated rings. The standard InChI is InChI=1S/C10H16N2O/c1-7-4-9(6-12-11)10(13-3)5-8(7)2/h4-5,12H,6,11H2,1-3H3. The summed E-state index contributed by atoms with van der Waals surface area (Å²) in [6.07, 6.45) is 0. The highest BCUT2D eigenvalue weighted by Gasteiger charge is 2.04. The Morgan fingerprint density at radius 2 is 1.92 bits per heavy atom. The van der Waals surface area contributed by atoms with Crippen LogP contribution in [0.3, 0.4) is 0 Å². The van der Waals surface area contributed by atoms with Crippen LogP contribution in [0.25, 0.3) is 0 Å². The van der Waals surface area contributed by atoms with E-state index in [1.165, 1.54) is 11.1 Å². The van der Waals surface area contributed by atoms with Crippen molar-refractivity contribution in [3.05, 3.63) is 28.8 Å². The van der Waals surface area contributed by atoms with E-state index in [0.29, 0.717) is 6.54 Å². The van der Waals surface area contributed by atoms with Crippen LogP contribution in [0, 0.1) is 13.8 Å². The Morgan fingerprint density at radius 3 is 2.46 bits per heavy atom. The number of benzene rings is 1. The summed E-state index contributed by atoms with van der Waals surface area (Å²) in [5.74, 6) is 6.16. The Balaban J connectivity index is 3.09. The summed E-state index contributed by atoms with van der Waals surface area (Å²) in [4.78, 5) is 0. The van der Waals surface area contributed by atoms with E-state index >= 15 is 0 Å². The number of ether oxygens (including phenoxy) is 1. The van der Waals surface area contributed by atoms with E-state index in [0.717, 1.165) is 11.3 Å². The van der Waals surface area contributed by atoms with Crippen molar-refractivity contribution in [3.63, 3.8) is 0 Å². The highest BCUT2D eigenvalue weighted by molar-refractivity contribution is 5.41. The van der Waals surface area contributed by atoms with Crippen LogP contribution in [0.4, 0.5) is 0 Å². The lowest BCUT2D eigenvalue weighted by Gasteiger charge is -2.10. The molecule has 13 heavy (non-hydrogen) atoms. The predicted molar refractivity (Wildman–Crippen MR) is 53.5 cm³/mol. The van der Waals surface area contributed by atoms with Crippen LogP contribution in [0.5, 0.6) is 5.75 Å². The summed E-state index contributed by atoms with van der Waals surface area (Å²) < 4.78 is 5.24. The zero-order valence-corrected chi connectivity index (χ0v) is 8.35. The van der Waals surface area contributed by atoms with Gasteiger partial charge in [-0.2, -0.15) is 0 Å². The molecule has 1 aromatic carbocycles. The van der Waals surface area contributed by atoms with Gasteiger partial charge in [-0.05, 0) is 31.0 Å². The van der Waals surface area contributed by atoms with E-state index in [-0.39, 0.29) is 0 Å². The van der Waals surface area contributed by atoms with Crippen LogP contribution in [0.15, 0.2) is 12.1 Å². The smallest absolute Gasteiger partial charge is 0.123 e. The maximum Gasteiger partial charge on any atom is 0.123 e. The van der Waals surface area contributed by atoms with E-state index in [9.17, 15) is 0 Å². The zero-order valence-electron chi connectivity index (χ0n) is 8.35. The normalized spacial score (nSPS) is 10.2. The first kappa shape index (κ1) is 10.0. The molecule has 3 nitrogen and oxygen atoms in total. The Labute approximate surface area is 78.9 Å². The van der Waals surface area contributed by atoms with Gasteiger partial charge in [0.25, 0.3) is 0 Å². The molecule has 72 valence electrons. The zero-order chi connectivity index (χ0) is 9.84. The first-order valence-corrected chi connectivity index (χ1v) is 4.26. The second kappa shape index (κ2) is 4.25. The van der Waals surface area contributed by atoms with Gasteiger partial charge in [-0.3, -0.25) is 11.3 Å². The van der Waals surface area contributed by atoms with Gasteiger partial charge in [-0.1, -0.05) is 6.07 Å². The quantitative estimate of drug-likeness (QED) is 0.544. The van der Waals surface area contributed by atoms with E-state index < -0.39 is 0 Å². The molecule has 0 radical (unpaired) electrons. The Bertz CT molecular complexity index is 297. The molecule has 0 atom stereocenters. The fraction of sp³-hybridized carbons (Fsp3) is 0.400. The number of hydrogen-bond acceptors (Lipinski definition) is 3. The minimum absolute atomic E-state index is 0.629. The molecule has 0 heterocycles. The molecule has 0 spiro atoms. The molecular weight excluding hydrogens is 164 g/mol. The van der Waals surface area contributed by atoms with Crippen molar-refractivity contribution in [2.24, 2.45) is 5.84 Å². The summed E-state index contributed by atoms with van der Waals surface area (Å²) >= 11 is 0. The summed E-state index contributed by atoms with van der Waals surface area (Å²) in [5.41, 5.74) is 6.21. The molecule has 0 unspecified atom stereocenters. The first-order valence-electron chi connectivity index (χ1n) is 4.26.